The lowest BCUT2D eigenvalue weighted by Crippen LogP contribution is -2.55. The Morgan fingerprint density at radius 3 is 1.80 bits per heavy atom. The van der Waals surface area contributed by atoms with Crippen LogP contribution in [0.4, 0.5) is 0 Å². The molecule has 4 rings (SSSR count). The Balaban J connectivity index is 1.59. The summed E-state index contributed by atoms with van der Waals surface area (Å²) in [5.74, 6) is 0. The van der Waals surface area contributed by atoms with Crippen molar-refractivity contribution in [2.24, 2.45) is 0 Å². The van der Waals surface area contributed by atoms with Gasteiger partial charge in [0.15, 0.2) is 0 Å². The molecule has 0 N–H and O–H groups in total. The molecule has 30 heavy (non-hydrogen) atoms. The van der Waals surface area contributed by atoms with Crippen LogP contribution in [-0.4, -0.2) is 57.4 Å². The van der Waals surface area contributed by atoms with Gasteiger partial charge in [-0.3, -0.25) is 0 Å². The molecule has 2 aromatic rings. The highest BCUT2D eigenvalue weighted by Crippen LogP contribution is 2.40. The molecular formula is C21H26N2O5S2. The van der Waals surface area contributed by atoms with Crippen molar-refractivity contribution in [1.82, 2.24) is 8.61 Å². The van der Waals surface area contributed by atoms with Gasteiger partial charge in [-0.05, 0) is 37.1 Å². The Kier molecular flexibility index (Phi) is 5.52. The first-order chi connectivity index (χ1) is 14.2. The molecule has 0 atom stereocenters. The second kappa shape index (κ2) is 7.72. The molecule has 2 aromatic carbocycles. The van der Waals surface area contributed by atoms with Crippen LogP contribution in [0.15, 0.2) is 58.3 Å². The summed E-state index contributed by atoms with van der Waals surface area (Å²) in [5.41, 5.74) is 0.372. The third-order valence-corrected chi connectivity index (χ3v) is 10.2. The van der Waals surface area contributed by atoms with Crippen molar-refractivity contribution in [2.75, 3.05) is 26.2 Å². The monoisotopic (exact) mass is 450 g/mol. The minimum absolute atomic E-state index is 0.205. The standard InChI is InChI=1S/C21H26N2O5S2/c1-17-7-3-5-9-19(17)29(24,25)22-13-11-21(12-14-22)23(15-16-28-21)30(26,27)20-10-6-4-8-18(20)2/h3-10H,11-16H2,1-2H3. The van der Waals surface area contributed by atoms with Crippen LogP contribution in [-0.2, 0) is 24.8 Å². The average Bonchev–Trinajstić information content (AvgIpc) is 3.12. The number of benzene rings is 2. The summed E-state index contributed by atoms with van der Waals surface area (Å²) in [7, 11) is -7.39. The summed E-state index contributed by atoms with van der Waals surface area (Å²) in [6, 6.07) is 13.8. The van der Waals surface area contributed by atoms with Gasteiger partial charge in [0.25, 0.3) is 0 Å². The van der Waals surface area contributed by atoms with Gasteiger partial charge in [-0.25, -0.2) is 16.8 Å². The van der Waals surface area contributed by atoms with Crippen LogP contribution in [0, 0.1) is 13.8 Å². The van der Waals surface area contributed by atoms with Gasteiger partial charge in [-0.15, -0.1) is 0 Å². The summed E-state index contributed by atoms with van der Waals surface area (Å²) >= 11 is 0. The van der Waals surface area contributed by atoms with E-state index in [1.807, 2.05) is 0 Å². The average molecular weight is 451 g/mol. The van der Waals surface area contributed by atoms with E-state index < -0.39 is 25.8 Å². The molecule has 2 aliphatic rings. The first-order valence-electron chi connectivity index (χ1n) is 9.97. The molecule has 0 bridgehead atoms. The predicted molar refractivity (Wildman–Crippen MR) is 113 cm³/mol. The zero-order chi connectivity index (χ0) is 21.6. The number of sulfonamides is 2. The first-order valence-corrected chi connectivity index (χ1v) is 12.8. The van der Waals surface area contributed by atoms with Crippen LogP contribution in [0.25, 0.3) is 0 Å². The SMILES string of the molecule is Cc1ccccc1S(=O)(=O)N1CCC2(CC1)OCCN2S(=O)(=O)c1ccccc1C. The lowest BCUT2D eigenvalue weighted by Gasteiger charge is -2.42. The van der Waals surface area contributed by atoms with Crippen molar-refractivity contribution in [3.63, 3.8) is 0 Å². The van der Waals surface area contributed by atoms with E-state index in [-0.39, 0.29) is 29.4 Å². The van der Waals surface area contributed by atoms with E-state index in [1.165, 1.54) is 8.61 Å². The van der Waals surface area contributed by atoms with Gasteiger partial charge in [0.2, 0.25) is 20.0 Å². The van der Waals surface area contributed by atoms with Gasteiger partial charge >= 0.3 is 0 Å². The molecule has 1 spiro atoms. The Hall–Kier alpha value is -1.78. The van der Waals surface area contributed by atoms with Gasteiger partial charge in [0, 0.05) is 32.5 Å². The molecule has 2 saturated heterocycles. The molecule has 7 nitrogen and oxygen atoms in total. The van der Waals surface area contributed by atoms with Crippen molar-refractivity contribution in [2.45, 2.75) is 42.2 Å². The molecule has 0 unspecified atom stereocenters. The van der Waals surface area contributed by atoms with Crippen molar-refractivity contribution in [3.8, 4) is 0 Å². The number of ether oxygens (including phenoxy) is 1. The van der Waals surface area contributed by atoms with Crippen molar-refractivity contribution in [1.29, 1.82) is 0 Å². The molecule has 0 radical (unpaired) electrons. The Morgan fingerprint density at radius 2 is 1.27 bits per heavy atom. The molecule has 0 saturated carbocycles. The normalized spacial score (nSPS) is 20.6. The molecular weight excluding hydrogens is 424 g/mol. The fraction of sp³-hybridized carbons (Fsp3) is 0.429. The largest absolute Gasteiger partial charge is 0.358 e. The number of rotatable bonds is 4. The first kappa shape index (κ1) is 21.5. The zero-order valence-corrected chi connectivity index (χ0v) is 18.7. The van der Waals surface area contributed by atoms with Crippen molar-refractivity contribution >= 4 is 20.0 Å². The second-order valence-electron chi connectivity index (χ2n) is 7.81. The number of piperidine rings is 1. The van der Waals surface area contributed by atoms with Gasteiger partial charge in [-0.1, -0.05) is 36.4 Å². The molecule has 2 heterocycles. The van der Waals surface area contributed by atoms with Gasteiger partial charge in [-0.2, -0.15) is 8.61 Å². The molecule has 0 aliphatic carbocycles. The Labute approximate surface area is 178 Å². The minimum Gasteiger partial charge on any atom is -0.358 e. The van der Waals surface area contributed by atoms with E-state index in [0.717, 1.165) is 0 Å². The molecule has 2 aliphatic heterocycles. The third-order valence-electron chi connectivity index (χ3n) is 6.00. The topological polar surface area (TPSA) is 84.0 Å². The highest BCUT2D eigenvalue weighted by Gasteiger charge is 2.52. The zero-order valence-electron chi connectivity index (χ0n) is 17.1. The second-order valence-corrected chi connectivity index (χ2v) is 11.5. The van der Waals surface area contributed by atoms with Gasteiger partial charge < -0.3 is 4.74 Å². The summed E-state index contributed by atoms with van der Waals surface area (Å²) in [6.07, 6.45) is 0.590. The Bertz CT molecular complexity index is 1150. The maximum absolute atomic E-state index is 13.4. The van der Waals surface area contributed by atoms with Crippen LogP contribution < -0.4 is 0 Å². The summed E-state index contributed by atoms with van der Waals surface area (Å²) < 4.78 is 61.8. The number of aryl methyl sites for hydroxylation is 2. The smallest absolute Gasteiger partial charge is 0.245 e. The van der Waals surface area contributed by atoms with E-state index >= 15 is 0 Å². The number of hydrogen-bond acceptors (Lipinski definition) is 5. The minimum atomic E-state index is -3.75. The highest BCUT2D eigenvalue weighted by molar-refractivity contribution is 7.89. The Morgan fingerprint density at radius 1 is 0.767 bits per heavy atom. The molecule has 162 valence electrons. The fourth-order valence-corrected chi connectivity index (χ4v) is 7.97. The predicted octanol–water partition coefficient (Wildman–Crippen LogP) is 2.51. The van der Waals surface area contributed by atoms with E-state index in [2.05, 4.69) is 0 Å². The maximum Gasteiger partial charge on any atom is 0.245 e. The van der Waals surface area contributed by atoms with Crippen LogP contribution in [0.3, 0.4) is 0 Å². The maximum atomic E-state index is 13.4. The van der Waals surface area contributed by atoms with Gasteiger partial charge in [0.1, 0.15) is 5.72 Å². The fourth-order valence-electron chi connectivity index (χ4n) is 4.35. The number of hydrogen-bond donors (Lipinski definition) is 0. The van der Waals surface area contributed by atoms with E-state index in [9.17, 15) is 16.8 Å². The summed E-state index contributed by atoms with van der Waals surface area (Å²) in [5, 5.41) is 0. The molecule has 0 amide bonds. The van der Waals surface area contributed by atoms with E-state index in [0.29, 0.717) is 30.6 Å². The van der Waals surface area contributed by atoms with Crippen LogP contribution in [0.5, 0.6) is 0 Å². The summed E-state index contributed by atoms with van der Waals surface area (Å²) in [6.45, 7) is 4.52. The van der Waals surface area contributed by atoms with Crippen LogP contribution >= 0.6 is 0 Å². The van der Waals surface area contributed by atoms with Crippen LogP contribution in [0.1, 0.15) is 24.0 Å². The van der Waals surface area contributed by atoms with E-state index in [1.54, 1.807) is 62.4 Å². The molecule has 9 heteroatoms. The molecule has 0 aromatic heterocycles. The van der Waals surface area contributed by atoms with Crippen molar-refractivity contribution in [3.05, 3.63) is 59.7 Å². The third kappa shape index (κ3) is 3.48. The quantitative estimate of drug-likeness (QED) is 0.715. The lowest BCUT2D eigenvalue weighted by molar-refractivity contribution is -0.0806. The lowest BCUT2D eigenvalue weighted by atomic mass is 10.0. The van der Waals surface area contributed by atoms with Crippen LogP contribution in [0.2, 0.25) is 0 Å². The van der Waals surface area contributed by atoms with Gasteiger partial charge in [0.05, 0.1) is 16.4 Å². The van der Waals surface area contributed by atoms with E-state index in [4.69, 9.17) is 4.74 Å². The summed E-state index contributed by atoms with van der Waals surface area (Å²) in [4.78, 5) is 0.558. The highest BCUT2D eigenvalue weighted by atomic mass is 32.2. The molecule has 2 fully saturated rings. The van der Waals surface area contributed by atoms with Crippen molar-refractivity contribution < 1.29 is 21.6 Å². The number of nitrogens with zero attached hydrogens (tertiary/aromatic N) is 2.